The molecular formula is C17H18ClN3O3S. The van der Waals surface area contributed by atoms with Crippen LogP contribution in [0.1, 0.15) is 5.56 Å². The van der Waals surface area contributed by atoms with E-state index in [0.29, 0.717) is 17.3 Å². The van der Waals surface area contributed by atoms with Crippen LogP contribution in [0.4, 0.5) is 5.69 Å². The fraction of sp³-hybridized carbons (Fsp3) is 0.235. The summed E-state index contributed by atoms with van der Waals surface area (Å²) in [5.74, 6) is -0.366. The molecule has 0 spiro atoms. The minimum Gasteiger partial charge on any atom is -0.325 e. The zero-order chi connectivity index (χ0) is 17.9. The summed E-state index contributed by atoms with van der Waals surface area (Å²) in [4.78, 5) is 12.1. The number of nitrogens with zero attached hydrogens (tertiary/aromatic N) is 2. The summed E-state index contributed by atoms with van der Waals surface area (Å²) in [6.45, 7) is 0.580. The van der Waals surface area contributed by atoms with Gasteiger partial charge in [0.25, 0.3) is 10.2 Å². The Morgan fingerprint density at radius 2 is 1.64 bits per heavy atom. The van der Waals surface area contributed by atoms with Crippen LogP contribution in [0.25, 0.3) is 0 Å². The van der Waals surface area contributed by atoms with Gasteiger partial charge in [-0.2, -0.15) is 17.0 Å². The van der Waals surface area contributed by atoms with E-state index in [1.807, 2.05) is 12.1 Å². The van der Waals surface area contributed by atoms with Gasteiger partial charge in [0.05, 0.1) is 6.54 Å². The van der Waals surface area contributed by atoms with Crippen LogP contribution in [0.5, 0.6) is 0 Å². The predicted molar refractivity (Wildman–Crippen MR) is 97.4 cm³/mol. The zero-order valence-electron chi connectivity index (χ0n) is 13.4. The van der Waals surface area contributed by atoms with Crippen LogP contribution in [0.15, 0.2) is 54.6 Å². The minimum atomic E-state index is -3.68. The number of carbonyl (C=O) groups is 1. The molecule has 1 heterocycles. The lowest BCUT2D eigenvalue weighted by atomic mass is 10.2. The number of anilines is 1. The Hall–Kier alpha value is -1.93. The number of nitrogens with one attached hydrogen (secondary N) is 1. The Balaban J connectivity index is 1.64. The molecule has 1 saturated heterocycles. The summed E-state index contributed by atoms with van der Waals surface area (Å²) in [5, 5.41) is 3.22. The maximum absolute atomic E-state index is 12.6. The Morgan fingerprint density at radius 3 is 2.36 bits per heavy atom. The molecule has 2 aromatic rings. The highest BCUT2D eigenvalue weighted by atomic mass is 35.5. The van der Waals surface area contributed by atoms with Crippen molar-refractivity contribution < 1.29 is 13.2 Å². The van der Waals surface area contributed by atoms with Crippen molar-refractivity contribution in [3.05, 3.63) is 65.2 Å². The molecule has 1 N–H and O–H groups in total. The average Bonchev–Trinajstić information content (AvgIpc) is 2.85. The van der Waals surface area contributed by atoms with E-state index < -0.39 is 10.2 Å². The van der Waals surface area contributed by atoms with Crippen LogP contribution in [-0.2, 0) is 21.5 Å². The van der Waals surface area contributed by atoms with Crippen molar-refractivity contribution in [1.29, 1.82) is 0 Å². The van der Waals surface area contributed by atoms with E-state index in [-0.39, 0.29) is 25.5 Å². The van der Waals surface area contributed by atoms with Gasteiger partial charge in [-0.05, 0) is 23.8 Å². The molecular weight excluding hydrogens is 362 g/mol. The smallest absolute Gasteiger partial charge is 0.282 e. The second kappa shape index (κ2) is 7.53. The van der Waals surface area contributed by atoms with Crippen molar-refractivity contribution in [3.8, 4) is 0 Å². The number of hydrogen-bond donors (Lipinski definition) is 1. The fourth-order valence-corrected chi connectivity index (χ4v) is 4.37. The average molecular weight is 380 g/mol. The summed E-state index contributed by atoms with van der Waals surface area (Å²) in [5.41, 5.74) is 1.38. The maximum Gasteiger partial charge on any atom is 0.282 e. The second-order valence-electron chi connectivity index (χ2n) is 5.68. The normalized spacial score (nSPS) is 17.5. The topological polar surface area (TPSA) is 69.7 Å². The second-order valence-corrected chi connectivity index (χ2v) is 8.02. The van der Waals surface area contributed by atoms with E-state index in [9.17, 15) is 13.2 Å². The predicted octanol–water partition coefficient (Wildman–Crippen LogP) is 2.34. The van der Waals surface area contributed by atoms with E-state index >= 15 is 0 Å². The van der Waals surface area contributed by atoms with E-state index in [0.717, 1.165) is 5.56 Å². The van der Waals surface area contributed by atoms with Gasteiger partial charge in [0.15, 0.2) is 0 Å². The molecule has 0 unspecified atom stereocenters. The number of benzene rings is 2. The molecule has 0 radical (unpaired) electrons. The third-order valence-electron chi connectivity index (χ3n) is 3.93. The van der Waals surface area contributed by atoms with Crippen molar-refractivity contribution >= 4 is 33.4 Å². The largest absolute Gasteiger partial charge is 0.325 e. The third-order valence-corrected chi connectivity index (χ3v) is 6.23. The lowest BCUT2D eigenvalue weighted by molar-refractivity contribution is -0.116. The first-order chi connectivity index (χ1) is 12.0. The maximum atomic E-state index is 12.6. The van der Waals surface area contributed by atoms with E-state index in [4.69, 9.17) is 11.6 Å². The molecule has 3 rings (SSSR count). The summed E-state index contributed by atoms with van der Waals surface area (Å²) >= 11 is 6.11. The van der Waals surface area contributed by atoms with Crippen molar-refractivity contribution in [3.63, 3.8) is 0 Å². The molecule has 0 aliphatic carbocycles. The van der Waals surface area contributed by atoms with Gasteiger partial charge >= 0.3 is 0 Å². The van der Waals surface area contributed by atoms with Gasteiger partial charge in [-0.1, -0.05) is 48.0 Å². The minimum absolute atomic E-state index is 0.193. The van der Waals surface area contributed by atoms with E-state index in [2.05, 4.69) is 5.32 Å². The first kappa shape index (κ1) is 17.9. The summed E-state index contributed by atoms with van der Waals surface area (Å²) in [6, 6.07) is 16.1. The zero-order valence-corrected chi connectivity index (χ0v) is 15.0. The molecule has 132 valence electrons. The van der Waals surface area contributed by atoms with Gasteiger partial charge in [0, 0.05) is 30.3 Å². The molecule has 0 saturated carbocycles. The van der Waals surface area contributed by atoms with Crippen LogP contribution in [0, 0.1) is 0 Å². The lowest BCUT2D eigenvalue weighted by Crippen LogP contribution is -2.37. The number of amides is 1. The van der Waals surface area contributed by atoms with Gasteiger partial charge in [0.2, 0.25) is 5.91 Å². The van der Waals surface area contributed by atoms with Crippen LogP contribution in [-0.4, -0.2) is 42.6 Å². The lowest BCUT2D eigenvalue weighted by Gasteiger charge is -2.18. The van der Waals surface area contributed by atoms with Crippen LogP contribution >= 0.6 is 11.6 Å². The molecule has 2 aromatic carbocycles. The number of para-hydroxylation sites is 1. The first-order valence-electron chi connectivity index (χ1n) is 7.80. The molecule has 8 heteroatoms. The molecule has 1 amide bonds. The fourth-order valence-electron chi connectivity index (χ4n) is 2.64. The summed E-state index contributed by atoms with van der Waals surface area (Å²) in [6.07, 6.45) is 0. The van der Waals surface area contributed by atoms with Gasteiger partial charge in [-0.25, -0.2) is 0 Å². The standard InChI is InChI=1S/C17H18ClN3O3S/c18-16-9-5-4-6-14(16)12-20-10-11-21(25(20,23)24)13-17(22)19-15-7-2-1-3-8-15/h1-9H,10-13H2,(H,19,22). The number of halogens is 1. The Labute approximate surface area is 152 Å². The molecule has 0 bridgehead atoms. The van der Waals surface area contributed by atoms with Crippen molar-refractivity contribution in [2.24, 2.45) is 0 Å². The quantitative estimate of drug-likeness (QED) is 0.866. The van der Waals surface area contributed by atoms with Crippen LogP contribution in [0.3, 0.4) is 0 Å². The molecule has 6 nitrogen and oxygen atoms in total. The highest BCUT2D eigenvalue weighted by Crippen LogP contribution is 2.23. The number of hydrogen-bond acceptors (Lipinski definition) is 3. The van der Waals surface area contributed by atoms with Crippen molar-refractivity contribution in [1.82, 2.24) is 8.61 Å². The SMILES string of the molecule is O=C(CN1CCN(Cc2ccccc2Cl)S1(=O)=O)Nc1ccccc1. The Kier molecular flexibility index (Phi) is 5.39. The van der Waals surface area contributed by atoms with Gasteiger partial charge in [-0.15, -0.1) is 0 Å². The first-order valence-corrected chi connectivity index (χ1v) is 9.58. The monoisotopic (exact) mass is 379 g/mol. The molecule has 1 aliphatic rings. The molecule has 0 aromatic heterocycles. The number of carbonyl (C=O) groups excluding carboxylic acids is 1. The van der Waals surface area contributed by atoms with Crippen molar-refractivity contribution in [2.45, 2.75) is 6.54 Å². The molecule has 25 heavy (non-hydrogen) atoms. The molecule has 0 atom stereocenters. The van der Waals surface area contributed by atoms with Crippen LogP contribution in [0.2, 0.25) is 5.02 Å². The Morgan fingerprint density at radius 1 is 1.00 bits per heavy atom. The highest BCUT2D eigenvalue weighted by Gasteiger charge is 2.37. The van der Waals surface area contributed by atoms with Crippen molar-refractivity contribution in [2.75, 3.05) is 25.0 Å². The number of rotatable bonds is 5. The van der Waals surface area contributed by atoms with Crippen LogP contribution < -0.4 is 5.32 Å². The summed E-state index contributed by atoms with van der Waals surface area (Å²) in [7, 11) is -3.68. The molecule has 1 aliphatic heterocycles. The highest BCUT2D eigenvalue weighted by molar-refractivity contribution is 7.87. The van der Waals surface area contributed by atoms with Gasteiger partial charge in [0.1, 0.15) is 0 Å². The Bertz CT molecular complexity index is 858. The van der Waals surface area contributed by atoms with E-state index in [1.54, 1.807) is 42.5 Å². The molecule has 1 fully saturated rings. The van der Waals surface area contributed by atoms with Gasteiger partial charge in [-0.3, -0.25) is 4.79 Å². The third kappa shape index (κ3) is 4.19. The van der Waals surface area contributed by atoms with Gasteiger partial charge < -0.3 is 5.32 Å². The summed E-state index contributed by atoms with van der Waals surface area (Å²) < 4.78 is 27.8. The van der Waals surface area contributed by atoms with E-state index in [1.165, 1.54) is 8.61 Å².